The van der Waals surface area contributed by atoms with Crippen LogP contribution < -0.4 is 0 Å². The van der Waals surface area contributed by atoms with Gasteiger partial charge in [-0.05, 0) is 6.92 Å². The van der Waals surface area contributed by atoms with Crippen LogP contribution in [0.3, 0.4) is 0 Å². The zero-order valence-electron chi connectivity index (χ0n) is 18.8. The summed E-state index contributed by atoms with van der Waals surface area (Å²) in [6, 6.07) is 0. The van der Waals surface area contributed by atoms with Gasteiger partial charge < -0.3 is 4.74 Å². The van der Waals surface area contributed by atoms with E-state index in [9.17, 15) is 101 Å². The van der Waals surface area contributed by atoms with Crippen molar-refractivity contribution in [3.05, 3.63) is 12.2 Å². The highest BCUT2D eigenvalue weighted by molar-refractivity contribution is 5.90. The minimum Gasteiger partial charge on any atom is -0.462 e. The van der Waals surface area contributed by atoms with Crippen molar-refractivity contribution >= 4 is 5.97 Å². The summed E-state index contributed by atoms with van der Waals surface area (Å²) in [5.41, 5.74) is -3.37. The van der Waals surface area contributed by atoms with Crippen molar-refractivity contribution in [2.24, 2.45) is 0 Å². The second-order valence-corrected chi connectivity index (χ2v) is 7.83. The summed E-state index contributed by atoms with van der Waals surface area (Å²) in [4.78, 5) is 11.3. The number of hydrogen-bond acceptors (Lipinski definition) is 2. The van der Waals surface area contributed by atoms with Gasteiger partial charge in [0.15, 0.2) is 6.17 Å². The van der Waals surface area contributed by atoms with Gasteiger partial charge >= 0.3 is 65.4 Å². The Bertz CT molecular complexity index is 975. The Morgan fingerprint density at radius 1 is 0.610 bits per heavy atom. The number of halogens is 22. The van der Waals surface area contributed by atoms with Gasteiger partial charge in [-0.25, -0.2) is 9.18 Å². The minimum absolute atomic E-state index is 0.509. The molecule has 0 saturated carbocycles. The third-order valence-corrected chi connectivity index (χ3v) is 4.98. The second-order valence-electron chi connectivity index (χ2n) is 7.83. The van der Waals surface area contributed by atoms with Crippen molar-refractivity contribution in [2.75, 3.05) is 6.61 Å². The Labute approximate surface area is 211 Å². The summed E-state index contributed by atoms with van der Waals surface area (Å²) in [5, 5.41) is 0. The van der Waals surface area contributed by atoms with E-state index in [1.165, 1.54) is 0 Å². The van der Waals surface area contributed by atoms with Gasteiger partial charge in [0.25, 0.3) is 0 Å². The third-order valence-electron chi connectivity index (χ3n) is 4.98. The molecule has 0 N–H and O–H groups in total. The average molecular weight is 664 g/mol. The number of esters is 1. The number of hydrogen-bond donors (Lipinski definition) is 0. The maximum Gasteiger partial charge on any atom is 0.460 e. The molecular formula is C17H10F22O2. The molecule has 1 atom stereocenters. The van der Waals surface area contributed by atoms with E-state index >= 15 is 0 Å². The maximum absolute atomic E-state index is 13.8. The fourth-order valence-corrected chi connectivity index (χ4v) is 2.29. The molecule has 41 heavy (non-hydrogen) atoms. The molecule has 0 rings (SSSR count). The Hall–Kier alpha value is -2.33. The van der Waals surface area contributed by atoms with Crippen LogP contribution in [-0.4, -0.2) is 78.2 Å². The fourth-order valence-electron chi connectivity index (χ4n) is 2.29. The smallest absolute Gasteiger partial charge is 0.460 e. The molecule has 0 aliphatic rings. The molecule has 0 radical (unpaired) electrons. The molecule has 2 nitrogen and oxygen atoms in total. The Kier molecular flexibility index (Phi) is 9.84. The van der Waals surface area contributed by atoms with Crippen molar-refractivity contribution in [2.45, 2.75) is 79.0 Å². The first-order valence-electron chi connectivity index (χ1n) is 9.46. The summed E-state index contributed by atoms with van der Waals surface area (Å²) >= 11 is 0. The molecule has 0 fully saturated rings. The van der Waals surface area contributed by atoms with Gasteiger partial charge in [-0.2, -0.15) is 92.2 Å². The van der Waals surface area contributed by atoms with E-state index in [1.807, 2.05) is 0 Å². The molecule has 0 aromatic heterocycles. The highest BCUT2D eigenvalue weighted by Gasteiger charge is 2.90. The van der Waals surface area contributed by atoms with Gasteiger partial charge in [-0.15, -0.1) is 0 Å². The monoisotopic (exact) mass is 664 g/mol. The lowest BCUT2D eigenvalue weighted by molar-refractivity contribution is -0.440. The van der Waals surface area contributed by atoms with Gasteiger partial charge in [-0.1, -0.05) is 6.58 Å². The Morgan fingerprint density at radius 2 is 0.976 bits per heavy atom. The number of alkyl halides is 22. The van der Waals surface area contributed by atoms with Crippen LogP contribution in [0.2, 0.25) is 0 Å². The zero-order valence-corrected chi connectivity index (χ0v) is 18.8. The van der Waals surface area contributed by atoms with Crippen LogP contribution in [0.25, 0.3) is 0 Å². The zero-order chi connectivity index (χ0) is 33.9. The van der Waals surface area contributed by atoms with Gasteiger partial charge in [0.1, 0.15) is 5.57 Å². The average Bonchev–Trinajstić information content (AvgIpc) is 2.76. The predicted molar refractivity (Wildman–Crippen MR) is 85.9 cm³/mol. The summed E-state index contributed by atoms with van der Waals surface area (Å²) in [6.45, 7) is -1.61. The quantitative estimate of drug-likeness (QED) is 0.113. The molecule has 0 amide bonds. The highest BCUT2D eigenvalue weighted by atomic mass is 19.4. The van der Waals surface area contributed by atoms with E-state index in [1.54, 1.807) is 6.58 Å². The van der Waals surface area contributed by atoms with Crippen LogP contribution in [0.1, 0.15) is 13.3 Å². The van der Waals surface area contributed by atoms with Crippen molar-refractivity contribution in [3.63, 3.8) is 0 Å². The van der Waals surface area contributed by atoms with Crippen LogP contribution in [0.15, 0.2) is 12.2 Å². The number of rotatable bonds is 13. The molecule has 0 aliphatic heterocycles. The second kappa shape index (κ2) is 10.4. The molecule has 244 valence electrons. The molecule has 0 aromatic rings. The van der Waals surface area contributed by atoms with Crippen molar-refractivity contribution in [3.8, 4) is 0 Å². The topological polar surface area (TPSA) is 26.3 Å². The fraction of sp³-hybridized carbons (Fsp3) is 0.824. The molecular weight excluding hydrogens is 654 g/mol. The molecule has 0 aliphatic carbocycles. The van der Waals surface area contributed by atoms with Gasteiger partial charge in [0, 0.05) is 0 Å². The van der Waals surface area contributed by atoms with E-state index in [0.29, 0.717) is 0 Å². The van der Waals surface area contributed by atoms with Crippen LogP contribution in [0, 0.1) is 0 Å². The normalized spacial score (nSPS) is 16.5. The van der Waals surface area contributed by atoms with Crippen LogP contribution in [-0.2, 0) is 9.53 Å². The molecule has 0 bridgehead atoms. The standard InChI is InChI=1S/C17H10F22O2/c1-5(9(21,22)12(27,28)13(29,30)10(23,24)6(2)18)7(40)41-4-3-8(19,20)11(25,26)14(31,32)15(33,34)16(35,36)17(37,38)39/h6H,1,3-4H2,2H3. The Balaban J connectivity index is 6.02. The van der Waals surface area contributed by atoms with Crippen molar-refractivity contribution < 1.29 is 106 Å². The van der Waals surface area contributed by atoms with Crippen molar-refractivity contribution in [1.82, 2.24) is 0 Å². The lowest BCUT2D eigenvalue weighted by Gasteiger charge is -2.39. The number of carbonyl (C=O) groups excluding carboxylic acids is 1. The first kappa shape index (κ1) is 38.7. The lowest BCUT2D eigenvalue weighted by atomic mass is 9.92. The third kappa shape index (κ3) is 5.58. The van der Waals surface area contributed by atoms with Crippen LogP contribution in [0.5, 0.6) is 0 Å². The maximum atomic E-state index is 13.8. The minimum atomic E-state index is -8.33. The van der Waals surface area contributed by atoms with E-state index in [4.69, 9.17) is 0 Å². The molecule has 0 heterocycles. The summed E-state index contributed by atoms with van der Waals surface area (Å²) in [5.74, 6) is -71.3. The molecule has 1 unspecified atom stereocenters. The molecule has 0 saturated heterocycles. The van der Waals surface area contributed by atoms with E-state index in [0.717, 1.165) is 0 Å². The van der Waals surface area contributed by atoms with E-state index in [-0.39, 0.29) is 0 Å². The van der Waals surface area contributed by atoms with Gasteiger partial charge in [-0.3, -0.25) is 0 Å². The molecule has 24 heteroatoms. The Morgan fingerprint density at radius 3 is 1.32 bits per heavy atom. The first-order valence-corrected chi connectivity index (χ1v) is 9.46. The van der Waals surface area contributed by atoms with Gasteiger partial charge in [0.05, 0.1) is 13.0 Å². The lowest BCUT2D eigenvalue weighted by Crippen LogP contribution is -2.70. The van der Waals surface area contributed by atoms with Crippen LogP contribution in [0.4, 0.5) is 96.6 Å². The first-order chi connectivity index (χ1) is 17.5. The van der Waals surface area contributed by atoms with Crippen LogP contribution >= 0.6 is 0 Å². The van der Waals surface area contributed by atoms with E-state index in [2.05, 4.69) is 4.74 Å². The molecule has 0 spiro atoms. The number of carbonyl (C=O) groups is 1. The SMILES string of the molecule is C=C(C(=O)OCCC(F)(F)C(F)(F)C(F)(F)C(F)(F)C(F)(F)C(F)(F)F)C(F)(F)C(F)(F)C(F)(F)C(F)(F)C(C)F. The summed E-state index contributed by atoms with van der Waals surface area (Å²) < 4.78 is 292. The van der Waals surface area contributed by atoms with Gasteiger partial charge in [0.2, 0.25) is 0 Å². The van der Waals surface area contributed by atoms with Crippen molar-refractivity contribution in [1.29, 1.82) is 0 Å². The number of ether oxygens (including phenoxy) is 1. The summed E-state index contributed by atoms with van der Waals surface area (Å²) in [6.07, 6.45) is -15.4. The van der Waals surface area contributed by atoms with E-state index < -0.39 is 97.1 Å². The largest absolute Gasteiger partial charge is 0.462 e. The summed E-state index contributed by atoms with van der Waals surface area (Å²) in [7, 11) is 0. The molecule has 0 aromatic carbocycles. The highest BCUT2D eigenvalue weighted by Crippen LogP contribution is 2.61. The predicted octanol–water partition coefficient (Wildman–Crippen LogP) is 8.11.